The number of nitrogens with zero attached hydrogens (tertiary/aromatic N) is 3. The third-order valence-corrected chi connectivity index (χ3v) is 6.39. The molecule has 0 bridgehead atoms. The molecule has 0 spiro atoms. The van der Waals surface area contributed by atoms with Crippen molar-refractivity contribution in [3.63, 3.8) is 0 Å². The summed E-state index contributed by atoms with van der Waals surface area (Å²) in [5.74, 6) is 0. The van der Waals surface area contributed by atoms with E-state index >= 15 is 0 Å². The van der Waals surface area contributed by atoms with Crippen LogP contribution in [0.3, 0.4) is 0 Å². The first kappa shape index (κ1) is 15.3. The number of hydrogen-bond acceptors (Lipinski definition) is 4. The summed E-state index contributed by atoms with van der Waals surface area (Å²) < 4.78 is 30.1. The molecule has 22 heavy (non-hydrogen) atoms. The Morgan fingerprint density at radius 1 is 1.23 bits per heavy atom. The van der Waals surface area contributed by atoms with Crippen LogP contribution in [0.15, 0.2) is 27.9 Å². The second-order valence-corrected chi connectivity index (χ2v) is 7.59. The Balaban J connectivity index is 2.14. The molecule has 120 valence electrons. The first-order chi connectivity index (χ1) is 10.4. The summed E-state index contributed by atoms with van der Waals surface area (Å²) in [7, 11) is -0.274. The van der Waals surface area contributed by atoms with Gasteiger partial charge in [-0.15, -0.1) is 0 Å². The lowest BCUT2D eigenvalue weighted by atomic mass is 10.2. The fourth-order valence-corrected chi connectivity index (χ4v) is 4.87. The first-order valence-corrected chi connectivity index (χ1v) is 8.69. The minimum atomic E-state index is -3.58. The average Bonchev–Trinajstić information content (AvgIpc) is 3.08. The second-order valence-electron chi connectivity index (χ2n) is 5.70. The zero-order valence-corrected chi connectivity index (χ0v) is 13.5. The van der Waals surface area contributed by atoms with Crippen molar-refractivity contribution in [1.29, 1.82) is 0 Å². The summed E-state index contributed by atoms with van der Waals surface area (Å²) in [6, 6.07) is 4.67. The molecule has 7 nitrogen and oxygen atoms in total. The molecule has 0 amide bonds. The number of rotatable bonds is 3. The van der Waals surface area contributed by atoms with Crippen LogP contribution in [0.2, 0.25) is 0 Å². The fourth-order valence-electron chi connectivity index (χ4n) is 3.14. The van der Waals surface area contributed by atoms with Crippen molar-refractivity contribution in [3.05, 3.63) is 28.7 Å². The van der Waals surface area contributed by atoms with Crippen LogP contribution in [0.25, 0.3) is 11.0 Å². The molecule has 2 aromatic rings. The SMILES string of the molecule is Cn1c(=O)n(C)c2cc(S(=O)(=O)N3CCCC3CN)ccc21. The van der Waals surface area contributed by atoms with Crippen molar-refractivity contribution in [1.82, 2.24) is 13.4 Å². The normalized spacial score (nSPS) is 20.0. The number of aryl methyl sites for hydroxylation is 2. The monoisotopic (exact) mass is 324 g/mol. The smallest absolute Gasteiger partial charge is 0.328 e. The lowest BCUT2D eigenvalue weighted by molar-refractivity contribution is 0.393. The van der Waals surface area contributed by atoms with E-state index in [-0.39, 0.29) is 16.6 Å². The summed E-state index contributed by atoms with van der Waals surface area (Å²) >= 11 is 0. The molecular weight excluding hydrogens is 304 g/mol. The van der Waals surface area contributed by atoms with Crippen LogP contribution in [-0.2, 0) is 24.1 Å². The number of sulfonamides is 1. The molecule has 0 radical (unpaired) electrons. The Kier molecular flexibility index (Phi) is 3.62. The van der Waals surface area contributed by atoms with E-state index in [1.807, 2.05) is 0 Å². The van der Waals surface area contributed by atoms with E-state index in [0.717, 1.165) is 12.8 Å². The van der Waals surface area contributed by atoms with Crippen molar-refractivity contribution in [2.24, 2.45) is 19.8 Å². The predicted octanol–water partition coefficient (Wildman–Crippen LogP) is -0.0112. The van der Waals surface area contributed by atoms with Crippen molar-refractivity contribution in [3.8, 4) is 0 Å². The molecule has 0 aliphatic carbocycles. The molecule has 1 aliphatic heterocycles. The highest BCUT2D eigenvalue weighted by molar-refractivity contribution is 7.89. The van der Waals surface area contributed by atoms with Gasteiger partial charge in [-0.25, -0.2) is 13.2 Å². The van der Waals surface area contributed by atoms with Crippen molar-refractivity contribution in [2.75, 3.05) is 13.1 Å². The van der Waals surface area contributed by atoms with Gasteiger partial charge in [0.1, 0.15) is 0 Å². The van der Waals surface area contributed by atoms with Crippen LogP contribution in [0.1, 0.15) is 12.8 Å². The minimum Gasteiger partial charge on any atom is -0.329 e. The average molecular weight is 324 g/mol. The topological polar surface area (TPSA) is 90.3 Å². The third-order valence-electron chi connectivity index (χ3n) is 4.45. The summed E-state index contributed by atoms with van der Waals surface area (Å²) in [5, 5.41) is 0. The molecule has 2 heterocycles. The van der Waals surface area contributed by atoms with Crippen LogP contribution in [0.4, 0.5) is 0 Å². The molecule has 1 aromatic carbocycles. The van der Waals surface area contributed by atoms with E-state index in [0.29, 0.717) is 24.1 Å². The van der Waals surface area contributed by atoms with Gasteiger partial charge in [0.25, 0.3) is 0 Å². The molecule has 1 aromatic heterocycles. The lowest BCUT2D eigenvalue weighted by Gasteiger charge is -2.22. The lowest BCUT2D eigenvalue weighted by Crippen LogP contribution is -2.39. The van der Waals surface area contributed by atoms with Crippen LogP contribution in [-0.4, -0.2) is 41.0 Å². The number of hydrogen-bond donors (Lipinski definition) is 1. The highest BCUT2D eigenvalue weighted by Crippen LogP contribution is 2.27. The van der Waals surface area contributed by atoms with E-state index < -0.39 is 10.0 Å². The second kappa shape index (κ2) is 5.22. The van der Waals surface area contributed by atoms with Gasteiger partial charge >= 0.3 is 5.69 Å². The zero-order valence-electron chi connectivity index (χ0n) is 12.7. The van der Waals surface area contributed by atoms with Gasteiger partial charge in [-0.05, 0) is 31.0 Å². The minimum absolute atomic E-state index is 0.139. The fraction of sp³-hybridized carbons (Fsp3) is 0.500. The van der Waals surface area contributed by atoms with Crippen LogP contribution in [0.5, 0.6) is 0 Å². The highest BCUT2D eigenvalue weighted by atomic mass is 32.2. The van der Waals surface area contributed by atoms with Gasteiger partial charge in [0.2, 0.25) is 10.0 Å². The summed E-state index contributed by atoms with van der Waals surface area (Å²) in [4.78, 5) is 12.2. The van der Waals surface area contributed by atoms with Gasteiger partial charge in [0.15, 0.2) is 0 Å². The largest absolute Gasteiger partial charge is 0.329 e. The van der Waals surface area contributed by atoms with Crippen molar-refractivity contribution < 1.29 is 8.42 Å². The third kappa shape index (κ3) is 2.10. The highest BCUT2D eigenvalue weighted by Gasteiger charge is 2.34. The van der Waals surface area contributed by atoms with E-state index in [9.17, 15) is 13.2 Å². The molecule has 3 rings (SSSR count). The van der Waals surface area contributed by atoms with Crippen LogP contribution < -0.4 is 11.4 Å². The molecule has 8 heteroatoms. The van der Waals surface area contributed by atoms with E-state index in [4.69, 9.17) is 5.73 Å². The van der Waals surface area contributed by atoms with Gasteiger partial charge in [-0.3, -0.25) is 9.13 Å². The molecule has 1 aliphatic rings. The Morgan fingerprint density at radius 2 is 1.91 bits per heavy atom. The molecular formula is C14H20N4O3S. The van der Waals surface area contributed by atoms with Crippen molar-refractivity contribution in [2.45, 2.75) is 23.8 Å². The number of nitrogens with two attached hydrogens (primary N) is 1. The summed E-state index contributed by atoms with van der Waals surface area (Å²) in [6.07, 6.45) is 1.62. The van der Waals surface area contributed by atoms with E-state index in [2.05, 4.69) is 0 Å². The van der Waals surface area contributed by atoms with Gasteiger partial charge in [-0.1, -0.05) is 0 Å². The molecule has 1 atom stereocenters. The maximum Gasteiger partial charge on any atom is 0.328 e. The molecule has 1 fully saturated rings. The number of imidazole rings is 1. The van der Waals surface area contributed by atoms with Gasteiger partial charge in [0.05, 0.1) is 15.9 Å². The maximum absolute atomic E-state index is 12.8. The Morgan fingerprint density at radius 3 is 2.59 bits per heavy atom. The van der Waals surface area contributed by atoms with Crippen molar-refractivity contribution >= 4 is 21.1 Å². The van der Waals surface area contributed by atoms with Crippen LogP contribution >= 0.6 is 0 Å². The Hall–Kier alpha value is -1.64. The predicted molar refractivity (Wildman–Crippen MR) is 84.1 cm³/mol. The number of fused-ring (bicyclic) bond motifs is 1. The summed E-state index contributed by atoms with van der Waals surface area (Å²) in [5.41, 5.74) is 6.83. The maximum atomic E-state index is 12.8. The van der Waals surface area contributed by atoms with Gasteiger partial charge in [0, 0.05) is 33.2 Å². The van der Waals surface area contributed by atoms with Gasteiger partial charge in [-0.2, -0.15) is 4.31 Å². The summed E-state index contributed by atoms with van der Waals surface area (Å²) in [6.45, 7) is 0.821. The Labute approximate surface area is 129 Å². The van der Waals surface area contributed by atoms with Crippen LogP contribution in [0, 0.1) is 0 Å². The van der Waals surface area contributed by atoms with E-state index in [1.54, 1.807) is 32.3 Å². The Bertz CT molecular complexity index is 881. The molecule has 1 saturated heterocycles. The molecule has 0 saturated carbocycles. The standard InChI is InChI=1S/C14H20N4O3S/c1-16-12-6-5-11(8-13(12)17(2)14(16)19)22(20,21)18-7-3-4-10(18)9-15/h5-6,8,10H,3-4,7,9,15H2,1-2H3. The van der Waals surface area contributed by atoms with E-state index in [1.165, 1.54) is 13.4 Å². The number of aromatic nitrogens is 2. The number of benzene rings is 1. The molecule has 2 N–H and O–H groups in total. The molecule has 1 unspecified atom stereocenters. The van der Waals surface area contributed by atoms with Gasteiger partial charge < -0.3 is 5.73 Å². The quantitative estimate of drug-likeness (QED) is 0.860. The first-order valence-electron chi connectivity index (χ1n) is 7.25. The zero-order chi connectivity index (χ0) is 16.1.